The fourth-order valence-corrected chi connectivity index (χ4v) is 4.09. The van der Waals surface area contributed by atoms with Crippen LogP contribution in [0.1, 0.15) is 26.3 Å². The Hall–Kier alpha value is -4.02. The first-order chi connectivity index (χ1) is 17.8. The van der Waals surface area contributed by atoms with Crippen molar-refractivity contribution in [3.05, 3.63) is 93.9 Å². The molecule has 0 unspecified atom stereocenters. The highest BCUT2D eigenvalue weighted by Crippen LogP contribution is 2.25. The van der Waals surface area contributed by atoms with Gasteiger partial charge in [0, 0.05) is 36.0 Å². The average Bonchev–Trinajstić information content (AvgIpc) is 2.91. The van der Waals surface area contributed by atoms with Crippen LogP contribution >= 0.6 is 11.6 Å². The highest BCUT2D eigenvalue weighted by molar-refractivity contribution is 6.31. The molecule has 1 saturated heterocycles. The monoisotopic (exact) mass is 526 g/mol. The molecule has 2 heterocycles. The number of nitrogens with one attached hydrogen (secondary N) is 1. The highest BCUT2D eigenvalue weighted by atomic mass is 35.5. The van der Waals surface area contributed by atoms with Gasteiger partial charge in [0.05, 0.1) is 41.0 Å². The molecule has 1 amide bonds. The minimum absolute atomic E-state index is 0.00631. The van der Waals surface area contributed by atoms with Crippen molar-refractivity contribution in [2.45, 2.75) is 0 Å². The topological polar surface area (TPSA) is 84.4 Å². The van der Waals surface area contributed by atoms with E-state index in [1.54, 1.807) is 12.3 Å². The van der Waals surface area contributed by atoms with Crippen LogP contribution in [0.4, 0.5) is 24.7 Å². The normalized spacial score (nSPS) is 13.6. The maximum atomic E-state index is 14.7. The number of carbonyl (C=O) groups is 2. The summed E-state index contributed by atoms with van der Waals surface area (Å²) >= 11 is 5.71. The van der Waals surface area contributed by atoms with Gasteiger partial charge in [0.15, 0.2) is 17.4 Å². The first-order valence-electron chi connectivity index (χ1n) is 11.2. The minimum atomic E-state index is -1.36. The molecule has 4 aromatic rings. The van der Waals surface area contributed by atoms with E-state index in [4.69, 9.17) is 16.3 Å². The highest BCUT2D eigenvalue weighted by Gasteiger charge is 2.21. The lowest BCUT2D eigenvalue weighted by molar-refractivity contribution is 0.101. The van der Waals surface area contributed by atoms with Crippen LogP contribution in [-0.2, 0) is 4.74 Å². The van der Waals surface area contributed by atoms with E-state index >= 15 is 0 Å². The number of carbonyl (C=O) groups excluding carboxylic acids is 2. The van der Waals surface area contributed by atoms with Crippen LogP contribution in [0.15, 0.2) is 54.7 Å². The molecule has 1 aliphatic heterocycles. The summed E-state index contributed by atoms with van der Waals surface area (Å²) in [6, 6.07) is 9.53. The van der Waals surface area contributed by atoms with Gasteiger partial charge in [-0.1, -0.05) is 11.6 Å². The smallest absolute Gasteiger partial charge is 0.255 e. The molecule has 0 radical (unpaired) electrons. The summed E-state index contributed by atoms with van der Waals surface area (Å²) < 4.78 is 47.8. The lowest BCUT2D eigenvalue weighted by Gasteiger charge is -2.27. The Morgan fingerprint density at radius 3 is 2.43 bits per heavy atom. The van der Waals surface area contributed by atoms with Gasteiger partial charge in [0.2, 0.25) is 0 Å². The molecule has 188 valence electrons. The summed E-state index contributed by atoms with van der Waals surface area (Å²) in [6.07, 6.45) is 1.63. The summed E-state index contributed by atoms with van der Waals surface area (Å²) in [4.78, 5) is 36.6. The zero-order chi connectivity index (χ0) is 26.1. The van der Waals surface area contributed by atoms with Crippen LogP contribution in [0.25, 0.3) is 11.0 Å². The number of amides is 1. The fraction of sp³-hybridized carbons (Fsp3) is 0.154. The molecule has 7 nitrogen and oxygen atoms in total. The molecule has 0 aliphatic carbocycles. The van der Waals surface area contributed by atoms with Crippen LogP contribution in [0, 0.1) is 17.5 Å². The van der Waals surface area contributed by atoms with E-state index in [-0.39, 0.29) is 21.8 Å². The Kier molecular flexibility index (Phi) is 6.77. The van der Waals surface area contributed by atoms with Crippen LogP contribution in [-0.4, -0.2) is 48.0 Å². The third-order valence-corrected chi connectivity index (χ3v) is 6.13. The van der Waals surface area contributed by atoms with Gasteiger partial charge in [0.1, 0.15) is 11.6 Å². The first kappa shape index (κ1) is 24.7. The zero-order valence-electron chi connectivity index (χ0n) is 19.1. The van der Waals surface area contributed by atoms with Crippen LogP contribution in [0.2, 0.25) is 5.02 Å². The Labute approximate surface area is 213 Å². The van der Waals surface area contributed by atoms with Gasteiger partial charge in [-0.2, -0.15) is 0 Å². The van der Waals surface area contributed by atoms with Crippen molar-refractivity contribution in [3.63, 3.8) is 0 Å². The van der Waals surface area contributed by atoms with Gasteiger partial charge >= 0.3 is 0 Å². The third kappa shape index (κ3) is 5.11. The lowest BCUT2D eigenvalue weighted by Crippen LogP contribution is -2.36. The van der Waals surface area contributed by atoms with E-state index in [1.165, 1.54) is 18.2 Å². The standard InChI is InChI=1S/C26H18ClF3N4O3/c27-18-9-15(1-3-19(18)28)26(36)32-16-11-17(24(30)20(29)12-16)25(35)14-2-4-21-22(10-14)33-23(13-31-21)34-5-7-37-8-6-34/h1-4,9-13H,5-8H2,(H,32,36). The minimum Gasteiger partial charge on any atom is -0.378 e. The second-order valence-electron chi connectivity index (χ2n) is 8.26. The molecule has 0 bridgehead atoms. The number of morpholine rings is 1. The molecule has 11 heteroatoms. The molecule has 1 aromatic heterocycles. The van der Waals surface area contributed by atoms with Crippen LogP contribution in [0.3, 0.4) is 0 Å². The number of hydrogen-bond donors (Lipinski definition) is 1. The lowest BCUT2D eigenvalue weighted by atomic mass is 10.0. The Morgan fingerprint density at radius 2 is 1.68 bits per heavy atom. The Bertz CT molecular complexity index is 1540. The maximum absolute atomic E-state index is 14.7. The predicted octanol–water partition coefficient (Wildman–Crippen LogP) is 5.02. The maximum Gasteiger partial charge on any atom is 0.255 e. The van der Waals surface area contributed by atoms with Crippen molar-refractivity contribution in [3.8, 4) is 0 Å². The van der Waals surface area contributed by atoms with Gasteiger partial charge in [-0.05, 0) is 42.5 Å². The molecule has 1 aliphatic rings. The van der Waals surface area contributed by atoms with Crippen molar-refractivity contribution >= 4 is 45.8 Å². The number of ketones is 1. The number of halogens is 4. The number of fused-ring (bicyclic) bond motifs is 1. The van der Waals surface area contributed by atoms with E-state index in [9.17, 15) is 22.8 Å². The van der Waals surface area contributed by atoms with Gasteiger partial charge in [-0.3, -0.25) is 14.6 Å². The number of hydrogen-bond acceptors (Lipinski definition) is 6. The SMILES string of the molecule is O=C(Nc1cc(F)c(F)c(C(=O)c2ccc3ncc(N4CCOCC4)nc3c2)c1)c1ccc(F)c(Cl)c1. The van der Waals surface area contributed by atoms with E-state index in [0.717, 1.165) is 24.3 Å². The summed E-state index contributed by atoms with van der Waals surface area (Å²) in [6.45, 7) is 2.41. The zero-order valence-corrected chi connectivity index (χ0v) is 19.9. The number of nitrogens with zero attached hydrogens (tertiary/aromatic N) is 3. The van der Waals surface area contributed by atoms with E-state index < -0.39 is 34.7 Å². The van der Waals surface area contributed by atoms with E-state index in [1.807, 2.05) is 4.90 Å². The second kappa shape index (κ2) is 10.2. The number of rotatable bonds is 5. The first-order valence-corrected chi connectivity index (χ1v) is 11.6. The van der Waals surface area contributed by atoms with Crippen molar-refractivity contribution in [2.24, 2.45) is 0 Å². The number of anilines is 2. The van der Waals surface area contributed by atoms with Gasteiger partial charge in [-0.25, -0.2) is 18.2 Å². The molecule has 1 N–H and O–H groups in total. The average molecular weight is 527 g/mol. The van der Waals surface area contributed by atoms with Crippen LogP contribution < -0.4 is 10.2 Å². The molecular formula is C26H18ClF3N4O3. The molecule has 5 rings (SSSR count). The van der Waals surface area contributed by atoms with Gasteiger partial charge < -0.3 is 15.0 Å². The summed E-state index contributed by atoms with van der Waals surface area (Å²) in [5.74, 6) is -4.34. The van der Waals surface area contributed by atoms with E-state index in [2.05, 4.69) is 15.3 Å². The Morgan fingerprint density at radius 1 is 0.919 bits per heavy atom. The molecule has 1 fully saturated rings. The molecule has 3 aromatic carbocycles. The van der Waals surface area contributed by atoms with Crippen molar-refractivity contribution in [1.29, 1.82) is 0 Å². The molecule has 0 saturated carbocycles. The molecule has 0 atom stereocenters. The van der Waals surface area contributed by atoms with Crippen LogP contribution in [0.5, 0.6) is 0 Å². The number of aromatic nitrogens is 2. The summed E-state index contributed by atoms with van der Waals surface area (Å²) in [5.41, 5.74) is 0.251. The summed E-state index contributed by atoms with van der Waals surface area (Å²) in [7, 11) is 0. The predicted molar refractivity (Wildman–Crippen MR) is 132 cm³/mol. The van der Waals surface area contributed by atoms with Crippen molar-refractivity contribution < 1.29 is 27.5 Å². The Balaban J connectivity index is 1.44. The molecular weight excluding hydrogens is 509 g/mol. The number of ether oxygens (including phenoxy) is 1. The fourth-order valence-electron chi connectivity index (χ4n) is 3.91. The van der Waals surface area contributed by atoms with Gasteiger partial charge in [-0.15, -0.1) is 0 Å². The molecule has 37 heavy (non-hydrogen) atoms. The number of benzene rings is 3. The quantitative estimate of drug-likeness (QED) is 0.368. The largest absolute Gasteiger partial charge is 0.378 e. The third-order valence-electron chi connectivity index (χ3n) is 5.84. The van der Waals surface area contributed by atoms with Crippen molar-refractivity contribution in [1.82, 2.24) is 9.97 Å². The van der Waals surface area contributed by atoms with E-state index in [0.29, 0.717) is 43.2 Å². The van der Waals surface area contributed by atoms with Gasteiger partial charge in [0.25, 0.3) is 5.91 Å². The summed E-state index contributed by atoms with van der Waals surface area (Å²) in [5, 5.41) is 2.10. The molecule has 0 spiro atoms. The van der Waals surface area contributed by atoms with Crippen molar-refractivity contribution in [2.75, 3.05) is 36.5 Å². The second-order valence-corrected chi connectivity index (χ2v) is 8.67.